The summed E-state index contributed by atoms with van der Waals surface area (Å²) in [5, 5.41) is 0.243. The first-order valence-corrected chi connectivity index (χ1v) is 6.14. The predicted octanol–water partition coefficient (Wildman–Crippen LogP) is 2.99. The van der Waals surface area contributed by atoms with Gasteiger partial charge in [-0.25, -0.2) is 0 Å². The number of carbonyl (C=O) groups is 2. The minimum absolute atomic E-state index is 0.0614. The van der Waals surface area contributed by atoms with E-state index in [9.17, 15) is 9.59 Å². The summed E-state index contributed by atoms with van der Waals surface area (Å²) in [6.07, 6.45) is 0.737. The fourth-order valence-corrected chi connectivity index (χ4v) is 2.29. The van der Waals surface area contributed by atoms with E-state index in [1.54, 1.807) is 6.07 Å². The lowest BCUT2D eigenvalue weighted by atomic mass is 10.0. The third-order valence-corrected chi connectivity index (χ3v) is 3.02. The molecule has 0 heterocycles. The maximum absolute atomic E-state index is 11.5. The summed E-state index contributed by atoms with van der Waals surface area (Å²) < 4.78 is 0.968. The largest absolute Gasteiger partial charge is 0.298 e. The van der Waals surface area contributed by atoms with Crippen LogP contribution in [-0.2, 0) is 0 Å². The normalized spacial score (nSPS) is 9.93. The van der Waals surface area contributed by atoms with Crippen LogP contribution in [0.1, 0.15) is 26.3 Å². The molecule has 1 aromatic carbocycles. The third-order valence-electron chi connectivity index (χ3n) is 1.89. The van der Waals surface area contributed by atoms with Gasteiger partial charge >= 0.3 is 0 Å². The van der Waals surface area contributed by atoms with Gasteiger partial charge in [-0.05, 0) is 47.2 Å². The van der Waals surface area contributed by atoms with Crippen LogP contribution in [0.25, 0.3) is 0 Å². The Bertz CT molecular complexity index is 388. The molecule has 0 aliphatic heterocycles. The Morgan fingerprint density at radius 2 is 2.21 bits per heavy atom. The van der Waals surface area contributed by atoms with Gasteiger partial charge in [-0.3, -0.25) is 9.59 Å². The van der Waals surface area contributed by atoms with E-state index in [0.29, 0.717) is 11.1 Å². The van der Waals surface area contributed by atoms with Crippen LogP contribution in [-0.4, -0.2) is 17.4 Å². The molecule has 0 saturated carbocycles. The number of benzene rings is 1. The van der Waals surface area contributed by atoms with Crippen LogP contribution in [0.4, 0.5) is 0 Å². The van der Waals surface area contributed by atoms with Crippen LogP contribution >= 0.6 is 38.5 Å². The number of ketones is 1. The molecule has 0 N–H and O–H groups in total. The number of halogens is 2. The fourth-order valence-electron chi connectivity index (χ4n) is 1.21. The van der Waals surface area contributed by atoms with Crippen LogP contribution in [0.5, 0.6) is 0 Å². The quantitative estimate of drug-likeness (QED) is 0.356. The Morgan fingerprint density at radius 3 is 2.71 bits per heavy atom. The van der Waals surface area contributed by atoms with Gasteiger partial charge in [0.05, 0.1) is 5.33 Å². The second-order valence-electron chi connectivity index (χ2n) is 2.86. The smallest absolute Gasteiger partial charge is 0.174 e. The van der Waals surface area contributed by atoms with E-state index < -0.39 is 0 Å². The Hall–Kier alpha value is -0.230. The fraction of sp³-hybridized carbons (Fsp3) is 0.200. The number of aldehydes is 1. The average Bonchev–Trinajstić information content (AvgIpc) is 2.15. The molecule has 1 aromatic rings. The zero-order valence-corrected chi connectivity index (χ0v) is 11.3. The summed E-state index contributed by atoms with van der Waals surface area (Å²) in [7, 11) is 0. The number of hydrogen-bond donors (Lipinski definition) is 0. The van der Waals surface area contributed by atoms with Crippen LogP contribution in [0.3, 0.4) is 0 Å². The van der Waals surface area contributed by atoms with Crippen molar-refractivity contribution < 1.29 is 9.59 Å². The minimum atomic E-state index is -0.0614. The first-order valence-electron chi connectivity index (χ1n) is 3.94. The molecule has 74 valence electrons. The van der Waals surface area contributed by atoms with Crippen LogP contribution in [0.15, 0.2) is 12.1 Å². The average molecular weight is 367 g/mol. The van der Waals surface area contributed by atoms with Gasteiger partial charge in [-0.2, -0.15) is 0 Å². The zero-order valence-electron chi connectivity index (χ0n) is 7.51. The number of Topliss-reactive ketones (excluding diaryl/α,β-unsaturated/α-hetero) is 1. The molecule has 0 fully saturated rings. The number of alkyl halides is 1. The van der Waals surface area contributed by atoms with Crippen molar-refractivity contribution in [1.82, 2.24) is 0 Å². The van der Waals surface area contributed by atoms with E-state index in [4.69, 9.17) is 0 Å². The van der Waals surface area contributed by atoms with E-state index in [0.717, 1.165) is 15.4 Å². The standard InChI is InChI=1S/C10H8BrIO2/c1-6-2-7(12)3-8(9(6)5-13)10(14)4-11/h2-3,5H,4H2,1H3. The first kappa shape index (κ1) is 11.8. The molecule has 0 saturated heterocycles. The summed E-state index contributed by atoms with van der Waals surface area (Å²) in [6, 6.07) is 3.62. The first-order chi connectivity index (χ1) is 6.60. The van der Waals surface area contributed by atoms with Crippen molar-refractivity contribution in [3.8, 4) is 0 Å². The van der Waals surface area contributed by atoms with Crippen LogP contribution in [0, 0.1) is 10.5 Å². The number of aryl methyl sites for hydroxylation is 1. The lowest BCUT2D eigenvalue weighted by Crippen LogP contribution is -2.06. The van der Waals surface area contributed by atoms with E-state index >= 15 is 0 Å². The van der Waals surface area contributed by atoms with Crippen LogP contribution < -0.4 is 0 Å². The monoisotopic (exact) mass is 366 g/mol. The van der Waals surface area contributed by atoms with E-state index in [1.165, 1.54) is 0 Å². The molecule has 0 spiro atoms. The van der Waals surface area contributed by atoms with Crippen molar-refractivity contribution in [3.63, 3.8) is 0 Å². The molecule has 0 unspecified atom stereocenters. The Balaban J connectivity index is 3.39. The van der Waals surface area contributed by atoms with E-state index in [-0.39, 0.29) is 11.1 Å². The summed E-state index contributed by atoms with van der Waals surface area (Å²) in [4.78, 5) is 22.3. The second kappa shape index (κ2) is 5.02. The van der Waals surface area contributed by atoms with Crippen molar-refractivity contribution in [2.75, 3.05) is 5.33 Å². The number of carbonyl (C=O) groups excluding carboxylic acids is 2. The lowest BCUT2D eigenvalue weighted by Gasteiger charge is -2.06. The molecule has 0 aromatic heterocycles. The van der Waals surface area contributed by atoms with Gasteiger partial charge < -0.3 is 0 Å². The Labute approximate surface area is 104 Å². The van der Waals surface area contributed by atoms with E-state index in [1.807, 2.05) is 13.0 Å². The SMILES string of the molecule is Cc1cc(I)cc(C(=O)CBr)c1C=O. The highest BCUT2D eigenvalue weighted by molar-refractivity contribution is 14.1. The highest BCUT2D eigenvalue weighted by Gasteiger charge is 2.12. The highest BCUT2D eigenvalue weighted by Crippen LogP contribution is 2.18. The van der Waals surface area contributed by atoms with Crippen molar-refractivity contribution in [2.45, 2.75) is 6.92 Å². The van der Waals surface area contributed by atoms with Gasteiger partial charge in [0.15, 0.2) is 12.1 Å². The van der Waals surface area contributed by atoms with Crippen molar-refractivity contribution in [3.05, 3.63) is 32.4 Å². The number of rotatable bonds is 3. The summed E-state index contributed by atoms with van der Waals surface area (Å²) in [5.74, 6) is -0.0614. The van der Waals surface area contributed by atoms with Crippen molar-refractivity contribution >= 4 is 50.6 Å². The minimum Gasteiger partial charge on any atom is -0.298 e. The van der Waals surface area contributed by atoms with Gasteiger partial charge in [0.2, 0.25) is 0 Å². The molecule has 14 heavy (non-hydrogen) atoms. The van der Waals surface area contributed by atoms with Crippen molar-refractivity contribution in [2.24, 2.45) is 0 Å². The molecular formula is C10H8BrIO2. The van der Waals surface area contributed by atoms with Gasteiger partial charge in [0.25, 0.3) is 0 Å². The molecule has 0 amide bonds. The molecule has 0 bridgehead atoms. The third kappa shape index (κ3) is 2.42. The molecule has 1 rings (SSSR count). The lowest BCUT2D eigenvalue weighted by molar-refractivity contribution is 0.101. The molecule has 0 radical (unpaired) electrons. The molecule has 4 heteroatoms. The van der Waals surface area contributed by atoms with Gasteiger partial charge in [0.1, 0.15) is 0 Å². The van der Waals surface area contributed by atoms with Gasteiger partial charge in [-0.1, -0.05) is 15.9 Å². The van der Waals surface area contributed by atoms with Crippen molar-refractivity contribution in [1.29, 1.82) is 0 Å². The predicted molar refractivity (Wildman–Crippen MR) is 67.4 cm³/mol. The number of hydrogen-bond acceptors (Lipinski definition) is 2. The maximum Gasteiger partial charge on any atom is 0.174 e. The van der Waals surface area contributed by atoms with Gasteiger partial charge in [0, 0.05) is 14.7 Å². The molecule has 0 aliphatic rings. The molecule has 0 atom stereocenters. The molecule has 2 nitrogen and oxygen atoms in total. The Morgan fingerprint density at radius 1 is 1.57 bits per heavy atom. The molecular weight excluding hydrogens is 359 g/mol. The summed E-state index contributed by atoms with van der Waals surface area (Å²) in [6.45, 7) is 1.83. The summed E-state index contributed by atoms with van der Waals surface area (Å²) >= 11 is 5.23. The van der Waals surface area contributed by atoms with Crippen LogP contribution in [0.2, 0.25) is 0 Å². The van der Waals surface area contributed by atoms with E-state index in [2.05, 4.69) is 38.5 Å². The maximum atomic E-state index is 11.5. The topological polar surface area (TPSA) is 34.1 Å². The Kier molecular flexibility index (Phi) is 4.25. The summed E-state index contributed by atoms with van der Waals surface area (Å²) in [5.41, 5.74) is 1.84. The highest BCUT2D eigenvalue weighted by atomic mass is 127. The second-order valence-corrected chi connectivity index (χ2v) is 4.66. The zero-order chi connectivity index (χ0) is 10.7. The van der Waals surface area contributed by atoms with Gasteiger partial charge in [-0.15, -0.1) is 0 Å². The molecule has 0 aliphatic carbocycles.